The minimum atomic E-state index is -4.39. The van der Waals surface area contributed by atoms with Gasteiger partial charge in [-0.15, -0.1) is 0 Å². The van der Waals surface area contributed by atoms with Crippen LogP contribution in [-0.4, -0.2) is 9.86 Å². The molecule has 9 heteroatoms. The van der Waals surface area contributed by atoms with E-state index < -0.39 is 11.7 Å². The van der Waals surface area contributed by atoms with E-state index in [1.807, 2.05) is 6.92 Å². The number of carbonyl (C=O) groups is 1. The van der Waals surface area contributed by atoms with Crippen LogP contribution in [0.15, 0.2) is 53.5 Å². The monoisotopic (exact) mass is 480 g/mol. The van der Waals surface area contributed by atoms with Gasteiger partial charge in [0.25, 0.3) is 5.91 Å². The van der Waals surface area contributed by atoms with Gasteiger partial charge in [-0.1, -0.05) is 23.7 Å². The van der Waals surface area contributed by atoms with Gasteiger partial charge in [-0.3, -0.25) is 8.75 Å². The lowest BCUT2D eigenvalue weighted by Gasteiger charge is -2.09. The fourth-order valence-electron chi connectivity index (χ4n) is 3.11. The van der Waals surface area contributed by atoms with Gasteiger partial charge in [-0.05, 0) is 79.2 Å². The first-order valence-corrected chi connectivity index (χ1v) is 11.2. The molecular weight excluding hydrogens is 461 g/mol. The highest BCUT2D eigenvalue weighted by molar-refractivity contribution is 7.04. The van der Waals surface area contributed by atoms with Crippen LogP contribution in [-0.2, 0) is 23.9 Å². The zero-order chi connectivity index (χ0) is 22.9. The van der Waals surface area contributed by atoms with E-state index in [4.69, 9.17) is 16.3 Å². The second-order valence-corrected chi connectivity index (χ2v) is 9.14. The van der Waals surface area contributed by atoms with E-state index in [-0.39, 0.29) is 12.3 Å². The Morgan fingerprint density at radius 1 is 1.12 bits per heavy atom. The van der Waals surface area contributed by atoms with Gasteiger partial charge in [0, 0.05) is 12.2 Å². The molecule has 0 radical (unpaired) electrons. The van der Waals surface area contributed by atoms with Gasteiger partial charge in [0.15, 0.2) is 4.67 Å². The highest BCUT2D eigenvalue weighted by Crippen LogP contribution is 2.33. The topological polar surface area (TPSA) is 43.6 Å². The summed E-state index contributed by atoms with van der Waals surface area (Å²) in [6.45, 7) is 2.85. The number of hydrogen-bond acceptors (Lipinski definition) is 3. The Hall–Kier alpha value is -2.58. The average Bonchev–Trinajstić information content (AvgIpc) is 3.52. The van der Waals surface area contributed by atoms with Crippen molar-refractivity contribution in [3.63, 3.8) is 0 Å². The molecule has 0 spiro atoms. The van der Waals surface area contributed by atoms with Gasteiger partial charge in [0.1, 0.15) is 11.5 Å². The summed E-state index contributed by atoms with van der Waals surface area (Å²) in [5.74, 6) is 1.14. The molecule has 3 aromatic rings. The Balaban J connectivity index is 1.39. The molecule has 0 unspecified atom stereocenters. The van der Waals surface area contributed by atoms with Crippen LogP contribution in [0.5, 0.6) is 11.5 Å². The Labute approximate surface area is 192 Å². The smallest absolute Gasteiger partial charge is 0.416 e. The Morgan fingerprint density at radius 3 is 2.28 bits per heavy atom. The van der Waals surface area contributed by atoms with Crippen molar-refractivity contribution in [3.05, 3.63) is 75.0 Å². The molecule has 0 saturated heterocycles. The molecule has 1 aromatic heterocycles. The van der Waals surface area contributed by atoms with Crippen molar-refractivity contribution in [2.45, 2.75) is 38.9 Å². The molecule has 0 aliphatic heterocycles. The van der Waals surface area contributed by atoms with Crippen LogP contribution >= 0.6 is 23.1 Å². The fourth-order valence-corrected chi connectivity index (χ4v) is 4.50. The molecule has 0 bridgehead atoms. The van der Waals surface area contributed by atoms with Crippen molar-refractivity contribution < 1.29 is 22.7 Å². The SMILES string of the molecule is Cc1c(Cl)c(=NC(=O)Cc2ccc(Oc3ccc(C(F)(F)F)cc3)cc2)sn1CC1CC1. The molecule has 1 fully saturated rings. The van der Waals surface area contributed by atoms with E-state index in [1.54, 1.807) is 24.3 Å². The lowest BCUT2D eigenvalue weighted by molar-refractivity contribution is -0.137. The maximum absolute atomic E-state index is 12.6. The summed E-state index contributed by atoms with van der Waals surface area (Å²) in [5.41, 5.74) is 0.940. The Morgan fingerprint density at radius 2 is 1.72 bits per heavy atom. The fraction of sp³-hybridized carbons (Fsp3) is 0.304. The van der Waals surface area contributed by atoms with Crippen molar-refractivity contribution in [3.8, 4) is 11.5 Å². The van der Waals surface area contributed by atoms with Crippen molar-refractivity contribution in [2.75, 3.05) is 0 Å². The van der Waals surface area contributed by atoms with E-state index in [2.05, 4.69) is 8.95 Å². The zero-order valence-electron chi connectivity index (χ0n) is 17.2. The van der Waals surface area contributed by atoms with Crippen LogP contribution in [0.25, 0.3) is 0 Å². The molecule has 1 aliphatic carbocycles. The summed E-state index contributed by atoms with van der Waals surface area (Å²) >= 11 is 7.77. The first-order chi connectivity index (χ1) is 15.2. The molecule has 1 saturated carbocycles. The molecule has 0 N–H and O–H groups in total. The van der Waals surface area contributed by atoms with Gasteiger partial charge >= 0.3 is 6.18 Å². The number of alkyl halides is 3. The predicted octanol–water partition coefficient (Wildman–Crippen LogP) is 6.40. The third-order valence-electron chi connectivity index (χ3n) is 5.12. The molecule has 4 rings (SSSR count). The number of aromatic nitrogens is 1. The molecule has 1 amide bonds. The van der Waals surface area contributed by atoms with E-state index in [9.17, 15) is 18.0 Å². The molecule has 1 heterocycles. The number of benzene rings is 2. The van der Waals surface area contributed by atoms with Crippen LogP contribution in [0.4, 0.5) is 13.2 Å². The average molecular weight is 481 g/mol. The van der Waals surface area contributed by atoms with Gasteiger partial charge < -0.3 is 4.74 Å². The molecule has 168 valence electrons. The van der Waals surface area contributed by atoms with E-state index in [1.165, 1.54) is 36.5 Å². The van der Waals surface area contributed by atoms with E-state index >= 15 is 0 Å². The number of halogens is 4. The van der Waals surface area contributed by atoms with Crippen molar-refractivity contribution >= 4 is 29.0 Å². The number of amides is 1. The number of hydrogen-bond donors (Lipinski definition) is 0. The lowest BCUT2D eigenvalue weighted by Crippen LogP contribution is -2.06. The minimum absolute atomic E-state index is 0.108. The third-order valence-corrected chi connectivity index (χ3v) is 6.80. The minimum Gasteiger partial charge on any atom is -0.457 e. The van der Waals surface area contributed by atoms with Crippen molar-refractivity contribution in [1.29, 1.82) is 0 Å². The van der Waals surface area contributed by atoms with E-state index in [0.717, 1.165) is 29.9 Å². The van der Waals surface area contributed by atoms with Crippen LogP contribution in [0.3, 0.4) is 0 Å². The van der Waals surface area contributed by atoms with Crippen molar-refractivity contribution in [1.82, 2.24) is 3.96 Å². The summed E-state index contributed by atoms with van der Waals surface area (Å²) in [5, 5.41) is 0.518. The van der Waals surface area contributed by atoms with Gasteiger partial charge in [-0.25, -0.2) is 0 Å². The first-order valence-electron chi connectivity index (χ1n) is 10.1. The zero-order valence-corrected chi connectivity index (χ0v) is 18.7. The highest BCUT2D eigenvalue weighted by Gasteiger charge is 2.30. The molecular formula is C23H20ClF3N2O2S. The quantitative estimate of drug-likeness (QED) is 0.409. The maximum atomic E-state index is 12.6. The first kappa shape index (κ1) is 22.6. The number of ether oxygens (including phenoxy) is 1. The van der Waals surface area contributed by atoms with Gasteiger partial charge in [0.2, 0.25) is 0 Å². The van der Waals surface area contributed by atoms with Gasteiger partial charge in [0.05, 0.1) is 17.0 Å². The van der Waals surface area contributed by atoms with Crippen LogP contribution in [0.1, 0.15) is 29.7 Å². The highest BCUT2D eigenvalue weighted by atomic mass is 35.5. The third kappa shape index (κ3) is 5.61. The van der Waals surface area contributed by atoms with Crippen molar-refractivity contribution in [2.24, 2.45) is 10.9 Å². The summed E-state index contributed by atoms with van der Waals surface area (Å²) in [6.07, 6.45) is -1.82. The number of rotatable bonds is 6. The van der Waals surface area contributed by atoms with Gasteiger partial charge in [-0.2, -0.15) is 18.2 Å². The molecule has 1 aliphatic rings. The lowest BCUT2D eigenvalue weighted by atomic mass is 10.1. The summed E-state index contributed by atoms with van der Waals surface area (Å²) in [6, 6.07) is 11.2. The normalized spacial score (nSPS) is 14.6. The maximum Gasteiger partial charge on any atom is 0.416 e. The standard InChI is InChI=1S/C23H20ClF3N2O2S/c1-14-21(24)22(32-29(14)13-16-2-3-16)28-20(30)12-15-4-8-18(9-5-15)31-19-10-6-17(7-11-19)23(25,26)27/h4-11,16H,2-3,12-13H2,1H3. The number of nitrogens with zero attached hydrogens (tertiary/aromatic N) is 2. The second kappa shape index (κ2) is 9.11. The summed E-state index contributed by atoms with van der Waals surface area (Å²) in [7, 11) is 0. The van der Waals surface area contributed by atoms with Crippen LogP contribution in [0, 0.1) is 12.8 Å². The predicted molar refractivity (Wildman–Crippen MR) is 117 cm³/mol. The molecule has 4 nitrogen and oxygen atoms in total. The van der Waals surface area contributed by atoms with E-state index in [0.29, 0.717) is 27.1 Å². The van der Waals surface area contributed by atoms with Crippen LogP contribution < -0.4 is 9.41 Å². The largest absolute Gasteiger partial charge is 0.457 e. The number of carbonyl (C=O) groups excluding carboxylic acids is 1. The molecule has 32 heavy (non-hydrogen) atoms. The summed E-state index contributed by atoms with van der Waals surface area (Å²) < 4.78 is 46.1. The summed E-state index contributed by atoms with van der Waals surface area (Å²) in [4.78, 5) is 16.6. The Bertz CT molecular complexity index is 1180. The Kier molecular flexibility index (Phi) is 6.44. The molecule has 0 atom stereocenters. The van der Waals surface area contributed by atoms with Crippen LogP contribution in [0.2, 0.25) is 5.02 Å². The second-order valence-electron chi connectivity index (χ2n) is 7.75. The molecule has 2 aromatic carbocycles.